The molecule has 1 aromatic rings. The second kappa shape index (κ2) is 5.68. The van der Waals surface area contributed by atoms with Gasteiger partial charge in [0.1, 0.15) is 12.4 Å². The maximum Gasteiger partial charge on any atom is 0.248 e. The third-order valence-electron chi connectivity index (χ3n) is 2.75. The van der Waals surface area contributed by atoms with Gasteiger partial charge in [-0.05, 0) is 31.0 Å². The van der Waals surface area contributed by atoms with Gasteiger partial charge in [0.25, 0.3) is 0 Å². The summed E-state index contributed by atoms with van der Waals surface area (Å²) in [5.74, 6) is 0.479. The molecule has 0 fully saturated rings. The Kier molecular flexibility index (Phi) is 4.52. The molecule has 0 spiro atoms. The first kappa shape index (κ1) is 13.5. The van der Waals surface area contributed by atoms with Gasteiger partial charge in [-0.25, -0.2) is 0 Å². The number of methoxy groups -OCH3 is 1. The number of amides is 1. The summed E-state index contributed by atoms with van der Waals surface area (Å²) in [6, 6.07) is 3.99. The SMILES string of the molecule is COc1cc(C)cc(C)c1CN(C)C(=O)CO. The minimum absolute atomic E-state index is 0.299. The van der Waals surface area contributed by atoms with Gasteiger partial charge >= 0.3 is 0 Å². The van der Waals surface area contributed by atoms with Crippen LogP contribution >= 0.6 is 0 Å². The highest BCUT2D eigenvalue weighted by molar-refractivity contribution is 5.77. The number of carbonyl (C=O) groups excluding carboxylic acids is 1. The summed E-state index contributed by atoms with van der Waals surface area (Å²) in [6.07, 6.45) is 0. The lowest BCUT2D eigenvalue weighted by Gasteiger charge is -2.20. The van der Waals surface area contributed by atoms with E-state index in [4.69, 9.17) is 9.84 Å². The summed E-state index contributed by atoms with van der Waals surface area (Å²) >= 11 is 0. The normalized spacial score (nSPS) is 10.2. The number of likely N-dealkylation sites (N-methyl/N-ethyl adjacent to an activating group) is 1. The maximum atomic E-state index is 11.3. The second-order valence-corrected chi connectivity index (χ2v) is 4.17. The minimum atomic E-state index is -0.469. The van der Waals surface area contributed by atoms with Gasteiger partial charge in [0, 0.05) is 19.2 Å². The van der Waals surface area contributed by atoms with Crippen LogP contribution in [0.5, 0.6) is 5.75 Å². The van der Waals surface area contributed by atoms with Crippen LogP contribution in [0.15, 0.2) is 12.1 Å². The van der Waals surface area contributed by atoms with E-state index >= 15 is 0 Å². The van der Waals surface area contributed by atoms with E-state index in [1.54, 1.807) is 14.2 Å². The van der Waals surface area contributed by atoms with E-state index in [2.05, 4.69) is 6.07 Å². The smallest absolute Gasteiger partial charge is 0.248 e. The average molecular weight is 237 g/mol. The molecule has 0 heterocycles. The molecule has 1 rings (SSSR count). The van der Waals surface area contributed by atoms with E-state index < -0.39 is 6.61 Å². The molecular weight excluding hydrogens is 218 g/mol. The number of hydrogen-bond donors (Lipinski definition) is 1. The molecule has 0 aliphatic rings. The molecule has 17 heavy (non-hydrogen) atoms. The van der Waals surface area contributed by atoms with Crippen molar-refractivity contribution in [2.45, 2.75) is 20.4 Å². The van der Waals surface area contributed by atoms with E-state index in [9.17, 15) is 4.79 Å². The fourth-order valence-electron chi connectivity index (χ4n) is 1.79. The van der Waals surface area contributed by atoms with E-state index in [0.717, 1.165) is 22.4 Å². The van der Waals surface area contributed by atoms with Crippen LogP contribution in [0.25, 0.3) is 0 Å². The highest BCUT2D eigenvalue weighted by Gasteiger charge is 2.13. The van der Waals surface area contributed by atoms with Gasteiger partial charge in [-0.3, -0.25) is 4.79 Å². The van der Waals surface area contributed by atoms with Crippen molar-refractivity contribution in [3.63, 3.8) is 0 Å². The lowest BCUT2D eigenvalue weighted by molar-refractivity contribution is -0.133. The fourth-order valence-corrected chi connectivity index (χ4v) is 1.79. The second-order valence-electron chi connectivity index (χ2n) is 4.17. The van der Waals surface area contributed by atoms with Gasteiger partial charge in [0.2, 0.25) is 5.91 Å². The van der Waals surface area contributed by atoms with Gasteiger partial charge in [-0.15, -0.1) is 0 Å². The number of aryl methyl sites for hydroxylation is 2. The first-order valence-corrected chi connectivity index (χ1v) is 5.48. The molecule has 0 saturated heterocycles. The minimum Gasteiger partial charge on any atom is -0.496 e. The Bertz CT molecular complexity index is 415. The third-order valence-corrected chi connectivity index (χ3v) is 2.75. The summed E-state index contributed by atoms with van der Waals surface area (Å²) < 4.78 is 5.32. The number of hydrogen-bond acceptors (Lipinski definition) is 3. The number of rotatable bonds is 4. The topological polar surface area (TPSA) is 49.8 Å². The number of carbonyl (C=O) groups is 1. The Morgan fingerprint density at radius 3 is 2.59 bits per heavy atom. The molecule has 94 valence electrons. The predicted octanol–water partition coefficient (Wildman–Crippen LogP) is 1.26. The number of aliphatic hydroxyl groups excluding tert-OH is 1. The predicted molar refractivity (Wildman–Crippen MR) is 66.0 cm³/mol. The molecule has 0 aliphatic carbocycles. The van der Waals surface area contributed by atoms with Gasteiger partial charge < -0.3 is 14.7 Å². The van der Waals surface area contributed by atoms with Crippen molar-refractivity contribution in [2.75, 3.05) is 20.8 Å². The summed E-state index contributed by atoms with van der Waals surface area (Å²) in [5, 5.41) is 8.80. The Labute approximate surface area is 102 Å². The van der Waals surface area contributed by atoms with Crippen molar-refractivity contribution < 1.29 is 14.6 Å². The van der Waals surface area contributed by atoms with Crippen LogP contribution in [0.2, 0.25) is 0 Å². The molecule has 1 amide bonds. The number of nitrogens with zero attached hydrogens (tertiary/aromatic N) is 1. The van der Waals surface area contributed by atoms with Crippen molar-refractivity contribution in [3.8, 4) is 5.75 Å². The van der Waals surface area contributed by atoms with Gasteiger partial charge in [0.05, 0.1) is 7.11 Å². The third kappa shape index (κ3) is 3.20. The molecule has 4 heteroatoms. The van der Waals surface area contributed by atoms with E-state index in [1.165, 1.54) is 4.90 Å². The van der Waals surface area contributed by atoms with Crippen LogP contribution in [0.3, 0.4) is 0 Å². The van der Waals surface area contributed by atoms with Crippen molar-refractivity contribution >= 4 is 5.91 Å². The van der Waals surface area contributed by atoms with Gasteiger partial charge in [0.15, 0.2) is 0 Å². The molecular formula is C13H19NO3. The highest BCUT2D eigenvalue weighted by Crippen LogP contribution is 2.25. The standard InChI is InChI=1S/C13H19NO3/c1-9-5-10(2)11(12(6-9)17-4)7-14(3)13(16)8-15/h5-6,15H,7-8H2,1-4H3. The van der Waals surface area contributed by atoms with E-state index in [1.807, 2.05) is 19.9 Å². The van der Waals surface area contributed by atoms with Crippen LogP contribution in [0.1, 0.15) is 16.7 Å². The molecule has 0 radical (unpaired) electrons. The van der Waals surface area contributed by atoms with Crippen molar-refractivity contribution in [2.24, 2.45) is 0 Å². The summed E-state index contributed by atoms with van der Waals surface area (Å²) in [6.45, 7) is 3.96. The van der Waals surface area contributed by atoms with Crippen molar-refractivity contribution in [3.05, 3.63) is 28.8 Å². The van der Waals surface area contributed by atoms with E-state index in [0.29, 0.717) is 6.54 Å². The molecule has 0 aromatic heterocycles. The zero-order valence-electron chi connectivity index (χ0n) is 10.8. The summed E-state index contributed by atoms with van der Waals surface area (Å²) in [7, 11) is 3.28. The number of ether oxygens (including phenoxy) is 1. The highest BCUT2D eigenvalue weighted by atomic mass is 16.5. The molecule has 1 aromatic carbocycles. The molecule has 0 bridgehead atoms. The molecule has 4 nitrogen and oxygen atoms in total. The van der Waals surface area contributed by atoms with Gasteiger partial charge in [-0.1, -0.05) is 6.07 Å². The van der Waals surface area contributed by atoms with E-state index in [-0.39, 0.29) is 5.91 Å². The van der Waals surface area contributed by atoms with Crippen LogP contribution in [-0.4, -0.2) is 36.7 Å². The quantitative estimate of drug-likeness (QED) is 0.857. The lowest BCUT2D eigenvalue weighted by Crippen LogP contribution is -2.29. The Hall–Kier alpha value is -1.55. The van der Waals surface area contributed by atoms with Crippen LogP contribution in [0.4, 0.5) is 0 Å². The Morgan fingerprint density at radius 2 is 2.06 bits per heavy atom. The van der Waals surface area contributed by atoms with Gasteiger partial charge in [-0.2, -0.15) is 0 Å². The summed E-state index contributed by atoms with van der Waals surface area (Å²) in [4.78, 5) is 12.8. The molecule has 0 saturated carbocycles. The monoisotopic (exact) mass is 237 g/mol. The number of aliphatic hydroxyl groups is 1. The largest absolute Gasteiger partial charge is 0.496 e. The van der Waals surface area contributed by atoms with Crippen LogP contribution < -0.4 is 4.74 Å². The number of benzene rings is 1. The Morgan fingerprint density at radius 1 is 1.41 bits per heavy atom. The Balaban J connectivity index is 3.01. The van der Waals surface area contributed by atoms with Crippen molar-refractivity contribution in [1.82, 2.24) is 4.90 Å². The zero-order chi connectivity index (χ0) is 13.0. The zero-order valence-corrected chi connectivity index (χ0v) is 10.8. The fraction of sp³-hybridized carbons (Fsp3) is 0.462. The lowest BCUT2D eigenvalue weighted by atomic mass is 10.0. The first-order chi connectivity index (χ1) is 7.99. The first-order valence-electron chi connectivity index (χ1n) is 5.48. The average Bonchev–Trinajstić information content (AvgIpc) is 2.30. The van der Waals surface area contributed by atoms with Crippen molar-refractivity contribution in [1.29, 1.82) is 0 Å². The molecule has 0 atom stereocenters. The van der Waals surface area contributed by atoms with Crippen LogP contribution in [0, 0.1) is 13.8 Å². The molecule has 0 aliphatic heterocycles. The van der Waals surface area contributed by atoms with Crippen LogP contribution in [-0.2, 0) is 11.3 Å². The summed E-state index contributed by atoms with van der Waals surface area (Å²) in [5.41, 5.74) is 3.18. The molecule has 0 unspecified atom stereocenters. The maximum absolute atomic E-state index is 11.3. The molecule has 1 N–H and O–H groups in total.